The molecule has 0 radical (unpaired) electrons. The maximum atomic E-state index is 12.8. The summed E-state index contributed by atoms with van der Waals surface area (Å²) < 4.78 is 33.7. The van der Waals surface area contributed by atoms with Crippen LogP contribution in [0.4, 0.5) is 17.1 Å². The highest BCUT2D eigenvalue weighted by Gasteiger charge is 2.22. The number of aryl methyl sites for hydroxylation is 2. The number of nitrogens with zero attached hydrogens (tertiary/aromatic N) is 2. The number of para-hydroxylation sites is 1. The van der Waals surface area contributed by atoms with Crippen LogP contribution in [0.5, 0.6) is 5.75 Å². The molecule has 0 saturated carbocycles. The lowest BCUT2D eigenvalue weighted by atomic mass is 10.1. The van der Waals surface area contributed by atoms with E-state index in [0.29, 0.717) is 23.6 Å². The van der Waals surface area contributed by atoms with Gasteiger partial charge in [0.25, 0.3) is 15.7 Å². The Morgan fingerprint density at radius 2 is 1.79 bits per heavy atom. The van der Waals surface area contributed by atoms with Gasteiger partial charge in [0.05, 0.1) is 28.3 Å². The van der Waals surface area contributed by atoms with Crippen LogP contribution in [0.3, 0.4) is 0 Å². The molecule has 0 unspecified atom stereocenters. The minimum Gasteiger partial charge on any atom is -0.493 e. The molecule has 2 N–H and O–H groups in total. The predicted molar refractivity (Wildman–Crippen MR) is 129 cm³/mol. The number of nitro groups is 1. The maximum Gasteiger partial charge on any atom is 0.295 e. The number of nitrogens with one attached hydrogen (secondary N) is 2. The van der Waals surface area contributed by atoms with Gasteiger partial charge in [0.2, 0.25) is 0 Å². The summed E-state index contributed by atoms with van der Waals surface area (Å²) in [4.78, 5) is 10.7. The van der Waals surface area contributed by atoms with Crippen molar-refractivity contribution >= 4 is 33.3 Å². The van der Waals surface area contributed by atoms with E-state index in [9.17, 15) is 18.5 Å². The number of ether oxygens (including phenoxy) is 1. The first-order chi connectivity index (χ1) is 15.7. The van der Waals surface area contributed by atoms with Crippen LogP contribution in [0.15, 0.2) is 70.7 Å². The van der Waals surface area contributed by atoms with Gasteiger partial charge in [0.15, 0.2) is 0 Å². The summed E-state index contributed by atoms with van der Waals surface area (Å²) in [5.41, 5.74) is 5.07. The first-order valence-corrected chi connectivity index (χ1v) is 11.6. The molecular weight excluding hydrogens is 444 g/mol. The lowest BCUT2D eigenvalue weighted by Crippen LogP contribution is -2.14. The first-order valence-electron chi connectivity index (χ1n) is 10.1. The predicted octanol–water partition coefficient (Wildman–Crippen LogP) is 4.86. The average Bonchev–Trinajstić information content (AvgIpc) is 2.77. The molecule has 0 aliphatic carbocycles. The van der Waals surface area contributed by atoms with E-state index < -0.39 is 20.6 Å². The molecule has 3 aromatic carbocycles. The Labute approximate surface area is 192 Å². The standard InChI is InChI=1S/C23H24N4O5S/c1-4-32-23-8-6-5-7-18(23)15-24-25-21-12-10-19(14-22(21)27(28)29)33(30,31)26-20-11-9-16(2)13-17(20)3/h5-15,25-26H,4H2,1-3H3. The minimum atomic E-state index is -4.03. The van der Waals surface area contributed by atoms with Gasteiger partial charge < -0.3 is 4.74 Å². The van der Waals surface area contributed by atoms with E-state index in [-0.39, 0.29) is 10.6 Å². The number of hydrogen-bond donors (Lipinski definition) is 2. The van der Waals surface area contributed by atoms with Crippen LogP contribution in [0, 0.1) is 24.0 Å². The molecule has 172 valence electrons. The Kier molecular flexibility index (Phi) is 7.29. The van der Waals surface area contributed by atoms with Crippen molar-refractivity contribution in [2.24, 2.45) is 5.10 Å². The second kappa shape index (κ2) is 10.1. The molecular formula is C23H24N4O5S. The normalized spacial score (nSPS) is 11.4. The Hall–Kier alpha value is -3.92. The summed E-state index contributed by atoms with van der Waals surface area (Å²) >= 11 is 0. The highest BCUT2D eigenvalue weighted by atomic mass is 32.2. The molecule has 0 amide bonds. The smallest absolute Gasteiger partial charge is 0.295 e. The van der Waals surface area contributed by atoms with Crippen LogP contribution in [-0.2, 0) is 10.0 Å². The number of hydrogen-bond acceptors (Lipinski definition) is 7. The van der Waals surface area contributed by atoms with E-state index in [4.69, 9.17) is 4.74 Å². The summed E-state index contributed by atoms with van der Waals surface area (Å²) in [6, 6.07) is 16.1. The maximum absolute atomic E-state index is 12.8. The van der Waals surface area contributed by atoms with E-state index >= 15 is 0 Å². The van der Waals surface area contributed by atoms with Gasteiger partial charge in [0, 0.05) is 11.6 Å². The molecule has 0 fully saturated rings. The second-order valence-electron chi connectivity index (χ2n) is 7.20. The molecule has 3 rings (SSSR count). The van der Waals surface area contributed by atoms with Crippen molar-refractivity contribution in [3.05, 3.63) is 87.5 Å². The van der Waals surface area contributed by atoms with E-state index in [1.165, 1.54) is 18.3 Å². The Morgan fingerprint density at radius 1 is 1.06 bits per heavy atom. The van der Waals surface area contributed by atoms with Crippen molar-refractivity contribution in [3.63, 3.8) is 0 Å². The van der Waals surface area contributed by atoms with Gasteiger partial charge in [-0.05, 0) is 56.7 Å². The molecule has 33 heavy (non-hydrogen) atoms. The van der Waals surface area contributed by atoms with Gasteiger partial charge >= 0.3 is 0 Å². The van der Waals surface area contributed by atoms with E-state index in [1.807, 2.05) is 32.0 Å². The molecule has 10 heteroatoms. The topological polar surface area (TPSA) is 123 Å². The van der Waals surface area contributed by atoms with Crippen LogP contribution < -0.4 is 14.9 Å². The molecule has 3 aromatic rings. The van der Waals surface area contributed by atoms with E-state index in [1.54, 1.807) is 31.2 Å². The fourth-order valence-corrected chi connectivity index (χ4v) is 4.25. The minimum absolute atomic E-state index is 0.0515. The van der Waals surface area contributed by atoms with Crippen molar-refractivity contribution in [2.75, 3.05) is 16.8 Å². The number of anilines is 2. The Balaban J connectivity index is 1.85. The largest absolute Gasteiger partial charge is 0.493 e. The number of benzene rings is 3. The second-order valence-corrected chi connectivity index (χ2v) is 8.88. The van der Waals surface area contributed by atoms with Crippen LogP contribution >= 0.6 is 0 Å². The third-order valence-corrected chi connectivity index (χ3v) is 6.07. The molecule has 9 nitrogen and oxygen atoms in total. The molecule has 0 aliphatic rings. The van der Waals surface area contributed by atoms with Crippen LogP contribution in [0.1, 0.15) is 23.6 Å². The molecule has 0 atom stereocenters. The molecule has 0 saturated heterocycles. The molecule has 0 spiro atoms. The van der Waals surface area contributed by atoms with Gasteiger partial charge in [-0.2, -0.15) is 5.10 Å². The van der Waals surface area contributed by atoms with Crippen molar-refractivity contribution in [2.45, 2.75) is 25.7 Å². The molecule has 0 heterocycles. The van der Waals surface area contributed by atoms with Crippen molar-refractivity contribution in [3.8, 4) is 5.75 Å². The van der Waals surface area contributed by atoms with Gasteiger partial charge in [-0.15, -0.1) is 0 Å². The third-order valence-electron chi connectivity index (χ3n) is 4.71. The lowest BCUT2D eigenvalue weighted by Gasteiger charge is -2.12. The van der Waals surface area contributed by atoms with E-state index in [0.717, 1.165) is 17.2 Å². The third kappa shape index (κ3) is 5.86. The van der Waals surface area contributed by atoms with Gasteiger partial charge in [0.1, 0.15) is 11.4 Å². The highest BCUT2D eigenvalue weighted by molar-refractivity contribution is 7.92. The summed E-state index contributed by atoms with van der Waals surface area (Å²) in [7, 11) is -4.03. The fraction of sp³-hybridized carbons (Fsp3) is 0.174. The van der Waals surface area contributed by atoms with E-state index in [2.05, 4.69) is 15.2 Å². The Bertz CT molecular complexity index is 1310. The summed E-state index contributed by atoms with van der Waals surface area (Å²) in [5, 5.41) is 15.7. The van der Waals surface area contributed by atoms with Gasteiger partial charge in [-0.3, -0.25) is 20.3 Å². The number of sulfonamides is 1. The first kappa shape index (κ1) is 23.7. The monoisotopic (exact) mass is 468 g/mol. The van der Waals surface area contributed by atoms with Crippen LogP contribution in [0.25, 0.3) is 0 Å². The zero-order chi connectivity index (χ0) is 24.0. The summed E-state index contributed by atoms with van der Waals surface area (Å²) in [6.45, 7) is 6.02. The zero-order valence-electron chi connectivity index (χ0n) is 18.4. The van der Waals surface area contributed by atoms with Gasteiger partial charge in [-0.1, -0.05) is 29.8 Å². The summed E-state index contributed by atoms with van der Waals surface area (Å²) in [5.74, 6) is 0.624. The van der Waals surface area contributed by atoms with Crippen molar-refractivity contribution < 1.29 is 18.1 Å². The molecule has 0 aromatic heterocycles. The molecule has 0 bridgehead atoms. The van der Waals surface area contributed by atoms with Crippen molar-refractivity contribution in [1.29, 1.82) is 0 Å². The SMILES string of the molecule is CCOc1ccccc1C=NNc1ccc(S(=O)(=O)Nc2ccc(C)cc2C)cc1[N+](=O)[O-]. The number of nitro benzene ring substituents is 1. The van der Waals surface area contributed by atoms with Crippen molar-refractivity contribution in [1.82, 2.24) is 0 Å². The zero-order valence-corrected chi connectivity index (χ0v) is 19.2. The lowest BCUT2D eigenvalue weighted by molar-refractivity contribution is -0.384. The van der Waals surface area contributed by atoms with Gasteiger partial charge in [-0.25, -0.2) is 8.42 Å². The quantitative estimate of drug-likeness (QED) is 0.263. The highest BCUT2D eigenvalue weighted by Crippen LogP contribution is 2.29. The average molecular weight is 469 g/mol. The molecule has 0 aliphatic heterocycles. The van der Waals surface area contributed by atoms with Crippen LogP contribution in [0.2, 0.25) is 0 Å². The number of rotatable bonds is 9. The Morgan fingerprint density at radius 3 is 2.48 bits per heavy atom. The fourth-order valence-electron chi connectivity index (χ4n) is 3.10. The summed E-state index contributed by atoms with van der Waals surface area (Å²) in [6.07, 6.45) is 1.47. The number of hydrazone groups is 1. The van der Waals surface area contributed by atoms with Crippen LogP contribution in [-0.4, -0.2) is 26.2 Å².